The highest BCUT2D eigenvalue weighted by molar-refractivity contribution is 6.74. The third-order valence-electron chi connectivity index (χ3n) is 6.40. The van der Waals surface area contributed by atoms with E-state index in [1.165, 1.54) is 0 Å². The average molecular weight is 513 g/mol. The van der Waals surface area contributed by atoms with E-state index in [4.69, 9.17) is 23.4 Å². The molecule has 1 aliphatic heterocycles. The standard InChI is InChI=1S/C27H48O7Si/c1-11-30-17-18-31-21(20(2)19-28)13-12-14-22-23(33-25(29)26(3,4)5)15-16-24(32-22)34-35(9,10)27(6,7)8/h12,14-16,19-24H,11,13,17-18H2,1-10H3/b14-12+/t20-,21-,22-,23-,24?/m0/s1. The molecule has 5 atom stereocenters. The lowest BCUT2D eigenvalue weighted by Crippen LogP contribution is -2.47. The number of carbonyl (C=O) groups excluding carboxylic acids is 2. The molecule has 0 saturated heterocycles. The van der Waals surface area contributed by atoms with Gasteiger partial charge in [-0.15, -0.1) is 0 Å². The highest BCUT2D eigenvalue weighted by Crippen LogP contribution is 2.38. The number of hydrogen-bond donors (Lipinski definition) is 0. The Labute approximate surface area is 213 Å². The quantitative estimate of drug-likeness (QED) is 0.107. The summed E-state index contributed by atoms with van der Waals surface area (Å²) in [5, 5.41) is 0.0299. The van der Waals surface area contributed by atoms with Gasteiger partial charge in [0, 0.05) is 12.5 Å². The summed E-state index contributed by atoms with van der Waals surface area (Å²) in [5.41, 5.74) is -0.629. The maximum Gasteiger partial charge on any atom is 0.311 e. The van der Waals surface area contributed by atoms with Crippen LogP contribution in [0, 0.1) is 11.3 Å². The lowest BCUT2D eigenvalue weighted by molar-refractivity contribution is -0.171. The van der Waals surface area contributed by atoms with E-state index >= 15 is 0 Å². The molecule has 1 rings (SSSR count). The van der Waals surface area contributed by atoms with Crippen LogP contribution >= 0.6 is 0 Å². The van der Waals surface area contributed by atoms with E-state index in [0.717, 1.165) is 6.29 Å². The van der Waals surface area contributed by atoms with E-state index in [1.807, 2.05) is 58.9 Å². The number of ether oxygens (including phenoxy) is 4. The lowest BCUT2D eigenvalue weighted by Gasteiger charge is -2.40. The van der Waals surface area contributed by atoms with Crippen LogP contribution in [0.1, 0.15) is 61.8 Å². The van der Waals surface area contributed by atoms with Gasteiger partial charge in [0.1, 0.15) is 18.5 Å². The normalized spacial score (nSPS) is 23.3. The summed E-state index contributed by atoms with van der Waals surface area (Å²) in [6, 6.07) is 0. The summed E-state index contributed by atoms with van der Waals surface area (Å²) in [5.74, 6) is -0.567. The maximum atomic E-state index is 12.6. The molecule has 202 valence electrons. The minimum atomic E-state index is -2.08. The molecule has 1 heterocycles. The molecule has 0 N–H and O–H groups in total. The van der Waals surface area contributed by atoms with Gasteiger partial charge in [-0.25, -0.2) is 0 Å². The molecule has 0 aromatic heterocycles. The molecule has 0 fully saturated rings. The fourth-order valence-corrected chi connectivity index (χ4v) is 4.02. The van der Waals surface area contributed by atoms with Crippen LogP contribution in [0.3, 0.4) is 0 Å². The molecule has 0 spiro atoms. The highest BCUT2D eigenvalue weighted by Gasteiger charge is 2.41. The molecule has 1 unspecified atom stereocenters. The molecule has 0 aromatic rings. The van der Waals surface area contributed by atoms with Crippen LogP contribution < -0.4 is 0 Å². The van der Waals surface area contributed by atoms with Crippen LogP contribution in [-0.2, 0) is 33.0 Å². The van der Waals surface area contributed by atoms with E-state index in [0.29, 0.717) is 26.2 Å². The van der Waals surface area contributed by atoms with Crippen LogP contribution in [-0.4, -0.2) is 65.0 Å². The highest BCUT2D eigenvalue weighted by atomic mass is 28.4. The summed E-state index contributed by atoms with van der Waals surface area (Å²) in [6.07, 6.45) is 7.01. The first kappa shape index (κ1) is 31.7. The fraction of sp³-hybridized carbons (Fsp3) is 0.778. The topological polar surface area (TPSA) is 80.3 Å². The van der Waals surface area contributed by atoms with Crippen molar-refractivity contribution < 1.29 is 33.0 Å². The van der Waals surface area contributed by atoms with Gasteiger partial charge in [0.05, 0.1) is 24.7 Å². The van der Waals surface area contributed by atoms with Crippen molar-refractivity contribution in [3.8, 4) is 0 Å². The Morgan fingerprint density at radius 2 is 1.77 bits per heavy atom. The second-order valence-corrected chi connectivity index (χ2v) is 16.4. The molecule has 0 amide bonds. The van der Waals surface area contributed by atoms with Crippen molar-refractivity contribution in [1.29, 1.82) is 0 Å². The van der Waals surface area contributed by atoms with Gasteiger partial charge >= 0.3 is 5.97 Å². The van der Waals surface area contributed by atoms with Gasteiger partial charge in [-0.3, -0.25) is 4.79 Å². The lowest BCUT2D eigenvalue weighted by atomic mass is 9.97. The Morgan fingerprint density at radius 3 is 2.31 bits per heavy atom. The van der Waals surface area contributed by atoms with Gasteiger partial charge < -0.3 is 28.2 Å². The van der Waals surface area contributed by atoms with Gasteiger partial charge in [0.2, 0.25) is 0 Å². The number of carbonyl (C=O) groups is 2. The first-order valence-corrected chi connectivity index (χ1v) is 15.6. The largest absolute Gasteiger partial charge is 0.455 e. The first-order chi connectivity index (χ1) is 16.1. The predicted octanol–water partition coefficient (Wildman–Crippen LogP) is 5.45. The molecular formula is C27H48O7Si. The molecule has 0 saturated carbocycles. The Kier molecular flexibility index (Phi) is 12.5. The summed E-state index contributed by atoms with van der Waals surface area (Å²) >= 11 is 0. The third kappa shape index (κ3) is 10.7. The third-order valence-corrected chi connectivity index (χ3v) is 10.8. The predicted molar refractivity (Wildman–Crippen MR) is 141 cm³/mol. The van der Waals surface area contributed by atoms with E-state index < -0.39 is 32.2 Å². The molecule has 1 aliphatic rings. The van der Waals surface area contributed by atoms with Crippen molar-refractivity contribution in [2.45, 2.75) is 105 Å². The number of aldehydes is 1. The minimum absolute atomic E-state index is 0.0299. The van der Waals surface area contributed by atoms with Crippen molar-refractivity contribution in [2.24, 2.45) is 11.3 Å². The van der Waals surface area contributed by atoms with Crippen LogP contribution in [0.4, 0.5) is 0 Å². The molecule has 7 nitrogen and oxygen atoms in total. The van der Waals surface area contributed by atoms with Crippen LogP contribution in [0.2, 0.25) is 18.1 Å². The number of rotatable bonds is 13. The van der Waals surface area contributed by atoms with Gasteiger partial charge in [-0.05, 0) is 64.4 Å². The number of hydrogen-bond acceptors (Lipinski definition) is 7. The van der Waals surface area contributed by atoms with Gasteiger partial charge in [0.25, 0.3) is 0 Å². The second kappa shape index (κ2) is 13.8. The molecule has 0 radical (unpaired) electrons. The zero-order valence-electron chi connectivity index (χ0n) is 23.5. The molecule has 35 heavy (non-hydrogen) atoms. The van der Waals surface area contributed by atoms with Gasteiger partial charge in [0.15, 0.2) is 14.6 Å². The molecule has 8 heteroatoms. The van der Waals surface area contributed by atoms with Crippen molar-refractivity contribution in [3.63, 3.8) is 0 Å². The van der Waals surface area contributed by atoms with E-state index in [9.17, 15) is 9.59 Å². The summed E-state index contributed by atoms with van der Waals surface area (Å²) in [7, 11) is -2.08. The fourth-order valence-electron chi connectivity index (χ4n) is 2.95. The van der Waals surface area contributed by atoms with Gasteiger partial charge in [-0.2, -0.15) is 0 Å². The summed E-state index contributed by atoms with van der Waals surface area (Å²) in [6.45, 7) is 21.6. The molecule has 0 bridgehead atoms. The molecular weight excluding hydrogens is 464 g/mol. The average Bonchev–Trinajstić information content (AvgIpc) is 2.74. The Bertz CT molecular complexity index is 718. The summed E-state index contributed by atoms with van der Waals surface area (Å²) < 4.78 is 29.7. The zero-order valence-corrected chi connectivity index (χ0v) is 24.5. The van der Waals surface area contributed by atoms with E-state index in [2.05, 4.69) is 33.9 Å². The second-order valence-electron chi connectivity index (χ2n) is 11.6. The first-order valence-electron chi connectivity index (χ1n) is 12.7. The van der Waals surface area contributed by atoms with Crippen molar-refractivity contribution in [1.82, 2.24) is 0 Å². The van der Waals surface area contributed by atoms with Crippen molar-refractivity contribution in [2.75, 3.05) is 19.8 Å². The zero-order chi connectivity index (χ0) is 26.9. The monoisotopic (exact) mass is 512 g/mol. The smallest absolute Gasteiger partial charge is 0.311 e. The SMILES string of the molecule is CCOCCO[C@@H](C/C=C/[C@@H]1OC(O[Si](C)(C)C(C)(C)C)C=C[C@@H]1OC(=O)C(C)(C)C)[C@@H](C)C=O. The Morgan fingerprint density at radius 1 is 1.11 bits per heavy atom. The maximum absolute atomic E-state index is 12.6. The molecule has 0 aliphatic carbocycles. The van der Waals surface area contributed by atoms with Crippen molar-refractivity contribution >= 4 is 20.6 Å². The minimum Gasteiger partial charge on any atom is -0.455 e. The Hall–Kier alpha value is -1.32. The number of esters is 1. The Balaban J connectivity index is 3.00. The van der Waals surface area contributed by atoms with Crippen LogP contribution in [0.15, 0.2) is 24.3 Å². The van der Waals surface area contributed by atoms with E-state index in [-0.39, 0.29) is 23.0 Å². The summed E-state index contributed by atoms with van der Waals surface area (Å²) in [4.78, 5) is 24.0. The molecule has 0 aromatic carbocycles. The van der Waals surface area contributed by atoms with E-state index in [1.54, 1.807) is 0 Å². The van der Waals surface area contributed by atoms with Crippen molar-refractivity contribution in [3.05, 3.63) is 24.3 Å². The van der Waals surface area contributed by atoms with Gasteiger partial charge in [-0.1, -0.05) is 39.8 Å². The van der Waals surface area contributed by atoms with Crippen LogP contribution in [0.25, 0.3) is 0 Å². The van der Waals surface area contributed by atoms with Crippen LogP contribution in [0.5, 0.6) is 0 Å².